The number of aliphatic hydroxyl groups excluding tert-OH is 2. The van der Waals surface area contributed by atoms with E-state index in [1.165, 1.54) is 6.92 Å². The first-order valence-corrected chi connectivity index (χ1v) is 3.75. The lowest BCUT2D eigenvalue weighted by Crippen LogP contribution is -2.25. The van der Waals surface area contributed by atoms with Crippen LogP contribution in [-0.4, -0.2) is 41.3 Å². The molecule has 12 heavy (non-hydrogen) atoms. The molecule has 3 unspecified atom stereocenters. The van der Waals surface area contributed by atoms with Gasteiger partial charge < -0.3 is 19.7 Å². The summed E-state index contributed by atoms with van der Waals surface area (Å²) in [5.74, 6) is -0.457. The molecule has 3 atom stereocenters. The van der Waals surface area contributed by atoms with Crippen LogP contribution in [0.25, 0.3) is 0 Å². The van der Waals surface area contributed by atoms with E-state index in [-0.39, 0.29) is 6.61 Å². The van der Waals surface area contributed by atoms with Crippen molar-refractivity contribution in [2.45, 2.75) is 31.8 Å². The highest BCUT2D eigenvalue weighted by atomic mass is 16.7. The van der Waals surface area contributed by atoms with Gasteiger partial charge in [0, 0.05) is 13.3 Å². The van der Waals surface area contributed by atoms with Crippen LogP contribution in [0.2, 0.25) is 0 Å². The molecule has 70 valence electrons. The van der Waals surface area contributed by atoms with E-state index in [4.69, 9.17) is 19.7 Å². The highest BCUT2D eigenvalue weighted by Gasteiger charge is 2.35. The van der Waals surface area contributed by atoms with Crippen LogP contribution in [0.15, 0.2) is 0 Å². The quantitative estimate of drug-likeness (QED) is 0.529. The van der Waals surface area contributed by atoms with Crippen molar-refractivity contribution in [1.29, 1.82) is 0 Å². The van der Waals surface area contributed by atoms with E-state index in [1.807, 2.05) is 0 Å². The van der Waals surface area contributed by atoms with Crippen LogP contribution >= 0.6 is 0 Å². The third kappa shape index (κ3) is 2.17. The summed E-state index contributed by atoms with van der Waals surface area (Å²) in [5.41, 5.74) is 0. The Morgan fingerprint density at radius 2 is 2.42 bits per heavy atom. The lowest BCUT2D eigenvalue weighted by atomic mass is 10.2. The van der Waals surface area contributed by atoms with Crippen molar-refractivity contribution in [3.05, 3.63) is 0 Å². The molecule has 0 aromatic rings. The van der Waals surface area contributed by atoms with Crippen LogP contribution in [0.1, 0.15) is 13.3 Å². The molecule has 2 N–H and O–H groups in total. The topological polar surface area (TPSA) is 76.0 Å². The zero-order valence-electron chi connectivity index (χ0n) is 6.77. The molecule has 1 saturated heterocycles. The number of ether oxygens (including phenoxy) is 2. The molecular weight excluding hydrogens is 164 g/mol. The van der Waals surface area contributed by atoms with Gasteiger partial charge in [-0.1, -0.05) is 0 Å². The molecule has 0 aromatic heterocycles. The maximum atomic E-state index is 10.5. The van der Waals surface area contributed by atoms with E-state index in [0.717, 1.165) is 0 Å². The van der Waals surface area contributed by atoms with Crippen LogP contribution in [0, 0.1) is 0 Å². The molecule has 0 aromatic carbocycles. The predicted octanol–water partition coefficient (Wildman–Crippen LogP) is -0.982. The number of carbonyl (C=O) groups excluding carboxylic acids is 1. The lowest BCUT2D eigenvalue weighted by molar-refractivity contribution is -0.168. The summed E-state index contributed by atoms with van der Waals surface area (Å²) in [6.07, 6.45) is -1.83. The molecule has 5 nitrogen and oxygen atoms in total. The summed E-state index contributed by atoms with van der Waals surface area (Å²) >= 11 is 0. The van der Waals surface area contributed by atoms with Crippen molar-refractivity contribution in [2.24, 2.45) is 0 Å². The van der Waals surface area contributed by atoms with E-state index in [9.17, 15) is 4.79 Å². The second kappa shape index (κ2) is 3.84. The molecule has 0 radical (unpaired) electrons. The second-order valence-corrected chi connectivity index (χ2v) is 2.71. The second-order valence-electron chi connectivity index (χ2n) is 2.71. The van der Waals surface area contributed by atoms with Crippen molar-refractivity contribution in [1.82, 2.24) is 0 Å². The van der Waals surface area contributed by atoms with E-state index >= 15 is 0 Å². The van der Waals surface area contributed by atoms with Crippen molar-refractivity contribution < 1.29 is 24.5 Å². The lowest BCUT2D eigenvalue weighted by Gasteiger charge is -2.11. The van der Waals surface area contributed by atoms with E-state index in [2.05, 4.69) is 0 Å². The van der Waals surface area contributed by atoms with Crippen molar-refractivity contribution in [2.75, 3.05) is 6.61 Å². The van der Waals surface area contributed by atoms with E-state index in [1.54, 1.807) is 0 Å². The van der Waals surface area contributed by atoms with Crippen LogP contribution < -0.4 is 0 Å². The number of hydrogen-bond donors (Lipinski definition) is 2. The third-order valence-electron chi connectivity index (χ3n) is 1.67. The van der Waals surface area contributed by atoms with E-state index < -0.39 is 24.5 Å². The normalized spacial score (nSPS) is 35.1. The minimum atomic E-state index is -1.11. The molecule has 1 aliphatic rings. The molecule has 0 bridgehead atoms. The summed E-state index contributed by atoms with van der Waals surface area (Å²) in [7, 11) is 0. The molecule has 0 saturated carbocycles. The average molecular weight is 176 g/mol. The SMILES string of the molecule is CC(=O)OC1CC(CO)OC1O. The Labute approximate surface area is 69.9 Å². The molecule has 0 amide bonds. The molecule has 1 fully saturated rings. The Kier molecular flexibility index (Phi) is 3.02. The number of hydrogen-bond acceptors (Lipinski definition) is 5. The number of esters is 1. The minimum Gasteiger partial charge on any atom is -0.457 e. The van der Waals surface area contributed by atoms with Crippen molar-refractivity contribution in [3.63, 3.8) is 0 Å². The Bertz CT molecular complexity index is 169. The molecule has 0 spiro atoms. The number of aliphatic hydroxyl groups is 2. The molecule has 5 heteroatoms. The molecule has 0 aliphatic carbocycles. The summed E-state index contributed by atoms with van der Waals surface area (Å²) in [6.45, 7) is 1.09. The summed E-state index contributed by atoms with van der Waals surface area (Å²) < 4.78 is 9.58. The Hall–Kier alpha value is -0.650. The first-order chi connectivity index (χ1) is 5.63. The summed E-state index contributed by atoms with van der Waals surface area (Å²) in [6, 6.07) is 0. The summed E-state index contributed by atoms with van der Waals surface area (Å²) in [5, 5.41) is 17.8. The zero-order valence-corrected chi connectivity index (χ0v) is 6.77. The molecule has 1 aliphatic heterocycles. The largest absolute Gasteiger partial charge is 0.457 e. The van der Waals surface area contributed by atoms with Gasteiger partial charge in [0.2, 0.25) is 0 Å². The fourth-order valence-corrected chi connectivity index (χ4v) is 1.15. The van der Waals surface area contributed by atoms with Gasteiger partial charge in [-0.2, -0.15) is 0 Å². The van der Waals surface area contributed by atoms with Gasteiger partial charge in [0.25, 0.3) is 0 Å². The molecule has 1 rings (SSSR count). The Morgan fingerprint density at radius 1 is 1.75 bits per heavy atom. The van der Waals surface area contributed by atoms with Gasteiger partial charge in [-0.05, 0) is 0 Å². The first-order valence-electron chi connectivity index (χ1n) is 3.75. The highest BCUT2D eigenvalue weighted by Crippen LogP contribution is 2.21. The van der Waals surface area contributed by atoms with Crippen molar-refractivity contribution in [3.8, 4) is 0 Å². The zero-order chi connectivity index (χ0) is 9.14. The first kappa shape index (κ1) is 9.44. The van der Waals surface area contributed by atoms with Crippen LogP contribution in [0.3, 0.4) is 0 Å². The maximum Gasteiger partial charge on any atom is 0.303 e. The Morgan fingerprint density at radius 3 is 2.83 bits per heavy atom. The molecule has 1 heterocycles. The van der Waals surface area contributed by atoms with Crippen LogP contribution in [-0.2, 0) is 14.3 Å². The smallest absolute Gasteiger partial charge is 0.303 e. The Balaban J connectivity index is 2.40. The van der Waals surface area contributed by atoms with Gasteiger partial charge in [-0.3, -0.25) is 4.79 Å². The van der Waals surface area contributed by atoms with Crippen molar-refractivity contribution >= 4 is 5.97 Å². The number of carbonyl (C=O) groups is 1. The molecular formula is C7H12O5. The van der Waals surface area contributed by atoms with Gasteiger partial charge >= 0.3 is 5.97 Å². The predicted molar refractivity (Wildman–Crippen MR) is 38.1 cm³/mol. The summed E-state index contributed by atoms with van der Waals surface area (Å²) in [4.78, 5) is 10.5. The third-order valence-corrected chi connectivity index (χ3v) is 1.67. The van der Waals surface area contributed by atoms with Crippen LogP contribution in [0.4, 0.5) is 0 Å². The maximum absolute atomic E-state index is 10.5. The van der Waals surface area contributed by atoms with Gasteiger partial charge in [0.05, 0.1) is 12.7 Å². The monoisotopic (exact) mass is 176 g/mol. The highest BCUT2D eigenvalue weighted by molar-refractivity contribution is 5.66. The van der Waals surface area contributed by atoms with Gasteiger partial charge in [-0.15, -0.1) is 0 Å². The fraction of sp³-hybridized carbons (Fsp3) is 0.857. The van der Waals surface area contributed by atoms with Crippen LogP contribution in [0.5, 0.6) is 0 Å². The average Bonchev–Trinajstić information content (AvgIpc) is 2.31. The van der Waals surface area contributed by atoms with E-state index in [0.29, 0.717) is 6.42 Å². The number of rotatable bonds is 2. The van der Waals surface area contributed by atoms with Gasteiger partial charge in [-0.25, -0.2) is 0 Å². The minimum absolute atomic E-state index is 0.172. The van der Waals surface area contributed by atoms with Gasteiger partial charge in [0.1, 0.15) is 0 Å². The van der Waals surface area contributed by atoms with Gasteiger partial charge in [0.15, 0.2) is 12.4 Å². The fourth-order valence-electron chi connectivity index (χ4n) is 1.15. The standard InChI is InChI=1S/C7H12O5/c1-4(9)11-6-2-5(3-8)12-7(6)10/h5-8,10H,2-3H2,1H3.